The molecule has 0 saturated carbocycles. The van der Waals surface area contributed by atoms with E-state index in [1.54, 1.807) is 6.92 Å². The quantitative estimate of drug-likeness (QED) is 0.597. The Kier molecular flexibility index (Phi) is 4.00. The summed E-state index contributed by atoms with van der Waals surface area (Å²) in [6.07, 6.45) is -0.169. The molecule has 2 nitrogen and oxygen atoms in total. The van der Waals surface area contributed by atoms with E-state index in [9.17, 15) is 13.6 Å². The van der Waals surface area contributed by atoms with Gasteiger partial charge in [-0.2, -0.15) is 8.78 Å². The number of alkyl halides is 2. The monoisotopic (exact) mass is 166 g/mol. The third-order valence-electron chi connectivity index (χ3n) is 1.14. The van der Waals surface area contributed by atoms with Crippen LogP contribution in [0.5, 0.6) is 0 Å². The Bertz CT molecular complexity index is 134. The lowest BCUT2D eigenvalue weighted by Gasteiger charge is -2.12. The standard InChI is InChI=1S/C7H12F2O2/c1-3-5-7(8,9)6(10)11-4-2/h3-5H2,1-2H3. The first-order chi connectivity index (χ1) is 5.04. The maximum atomic E-state index is 12.5. The number of carbonyl (C=O) groups is 1. The fourth-order valence-corrected chi connectivity index (χ4v) is 0.653. The van der Waals surface area contributed by atoms with E-state index in [2.05, 4.69) is 4.74 Å². The molecule has 0 aromatic carbocycles. The zero-order valence-corrected chi connectivity index (χ0v) is 6.69. The summed E-state index contributed by atoms with van der Waals surface area (Å²) in [5.74, 6) is -4.72. The molecule has 0 heterocycles. The van der Waals surface area contributed by atoms with E-state index in [1.165, 1.54) is 6.92 Å². The average Bonchev–Trinajstić information content (AvgIpc) is 1.88. The fraction of sp³-hybridized carbons (Fsp3) is 0.857. The molecule has 0 spiro atoms. The Hall–Kier alpha value is -0.670. The van der Waals surface area contributed by atoms with E-state index in [0.717, 1.165) is 0 Å². The summed E-state index contributed by atoms with van der Waals surface area (Å²) < 4.78 is 29.2. The molecule has 0 aliphatic carbocycles. The third kappa shape index (κ3) is 3.30. The minimum atomic E-state index is -3.30. The second-order valence-corrected chi connectivity index (χ2v) is 2.17. The molecule has 66 valence electrons. The van der Waals surface area contributed by atoms with Gasteiger partial charge in [0, 0.05) is 6.42 Å². The van der Waals surface area contributed by atoms with E-state index >= 15 is 0 Å². The first-order valence-electron chi connectivity index (χ1n) is 3.59. The van der Waals surface area contributed by atoms with Gasteiger partial charge in [-0.25, -0.2) is 4.79 Å². The van der Waals surface area contributed by atoms with E-state index in [1.807, 2.05) is 0 Å². The van der Waals surface area contributed by atoms with Crippen LogP contribution >= 0.6 is 0 Å². The summed E-state index contributed by atoms with van der Waals surface area (Å²) in [4.78, 5) is 10.5. The lowest BCUT2D eigenvalue weighted by molar-refractivity contribution is -0.172. The summed E-state index contributed by atoms with van der Waals surface area (Å²) >= 11 is 0. The maximum absolute atomic E-state index is 12.5. The van der Waals surface area contributed by atoms with Gasteiger partial charge in [-0.05, 0) is 13.3 Å². The van der Waals surface area contributed by atoms with Crippen molar-refractivity contribution in [1.82, 2.24) is 0 Å². The van der Waals surface area contributed by atoms with Crippen LogP contribution < -0.4 is 0 Å². The molecule has 0 aromatic rings. The number of ether oxygens (including phenoxy) is 1. The normalized spacial score (nSPS) is 11.3. The Balaban J connectivity index is 3.94. The summed E-state index contributed by atoms with van der Waals surface area (Å²) in [7, 11) is 0. The van der Waals surface area contributed by atoms with E-state index in [-0.39, 0.29) is 13.0 Å². The predicted molar refractivity (Wildman–Crippen MR) is 36.5 cm³/mol. The molecule has 0 saturated heterocycles. The lowest BCUT2D eigenvalue weighted by Crippen LogP contribution is -2.30. The number of hydrogen-bond donors (Lipinski definition) is 0. The Labute approximate surface area is 64.5 Å². The smallest absolute Gasteiger partial charge is 0.376 e. The molecule has 0 atom stereocenters. The summed E-state index contributed by atoms with van der Waals surface area (Å²) in [5.41, 5.74) is 0. The van der Waals surface area contributed by atoms with Gasteiger partial charge >= 0.3 is 11.9 Å². The van der Waals surface area contributed by atoms with Crippen molar-refractivity contribution in [2.24, 2.45) is 0 Å². The number of hydrogen-bond acceptors (Lipinski definition) is 2. The second-order valence-electron chi connectivity index (χ2n) is 2.17. The first kappa shape index (κ1) is 10.3. The van der Waals surface area contributed by atoms with Crippen LogP contribution in [0.15, 0.2) is 0 Å². The van der Waals surface area contributed by atoms with Crippen molar-refractivity contribution < 1.29 is 18.3 Å². The minimum Gasteiger partial charge on any atom is -0.462 e. The zero-order chi connectivity index (χ0) is 8.91. The van der Waals surface area contributed by atoms with Crippen molar-refractivity contribution in [1.29, 1.82) is 0 Å². The van der Waals surface area contributed by atoms with Gasteiger partial charge in [-0.1, -0.05) is 6.92 Å². The molecule has 0 rings (SSSR count). The van der Waals surface area contributed by atoms with Crippen LogP contribution in [-0.4, -0.2) is 18.5 Å². The highest BCUT2D eigenvalue weighted by atomic mass is 19.3. The Morgan fingerprint density at radius 3 is 2.36 bits per heavy atom. The van der Waals surface area contributed by atoms with Crippen LogP contribution in [0, 0.1) is 0 Å². The Morgan fingerprint density at radius 1 is 1.45 bits per heavy atom. The van der Waals surface area contributed by atoms with Crippen LogP contribution in [0.1, 0.15) is 26.7 Å². The number of halogens is 2. The molecule has 0 bridgehead atoms. The van der Waals surface area contributed by atoms with Crippen molar-refractivity contribution in [2.45, 2.75) is 32.6 Å². The van der Waals surface area contributed by atoms with Crippen LogP contribution in [-0.2, 0) is 9.53 Å². The number of rotatable bonds is 4. The van der Waals surface area contributed by atoms with Gasteiger partial charge in [0.05, 0.1) is 6.61 Å². The summed E-state index contributed by atoms with van der Waals surface area (Å²) in [6, 6.07) is 0. The van der Waals surface area contributed by atoms with Crippen LogP contribution in [0.2, 0.25) is 0 Å². The van der Waals surface area contributed by atoms with Gasteiger partial charge in [0.1, 0.15) is 0 Å². The van der Waals surface area contributed by atoms with E-state index < -0.39 is 18.3 Å². The van der Waals surface area contributed by atoms with E-state index in [0.29, 0.717) is 0 Å². The predicted octanol–water partition coefficient (Wildman–Crippen LogP) is 1.98. The van der Waals surface area contributed by atoms with Crippen LogP contribution in [0.25, 0.3) is 0 Å². The van der Waals surface area contributed by atoms with E-state index in [4.69, 9.17) is 0 Å². The van der Waals surface area contributed by atoms with Crippen molar-refractivity contribution in [3.8, 4) is 0 Å². The summed E-state index contributed by atoms with van der Waals surface area (Å²) in [6.45, 7) is 3.09. The number of carbonyl (C=O) groups excluding carboxylic acids is 1. The van der Waals surface area contributed by atoms with Crippen molar-refractivity contribution in [3.05, 3.63) is 0 Å². The molecule has 0 aromatic heterocycles. The lowest BCUT2D eigenvalue weighted by atomic mass is 10.2. The second kappa shape index (κ2) is 4.26. The topological polar surface area (TPSA) is 26.3 Å². The molecule has 0 N–H and O–H groups in total. The molecule has 0 unspecified atom stereocenters. The fourth-order valence-electron chi connectivity index (χ4n) is 0.653. The highest BCUT2D eigenvalue weighted by Gasteiger charge is 2.38. The van der Waals surface area contributed by atoms with Gasteiger partial charge in [-0.15, -0.1) is 0 Å². The van der Waals surface area contributed by atoms with Gasteiger partial charge in [0.25, 0.3) is 0 Å². The molecular formula is C7H12F2O2. The largest absolute Gasteiger partial charge is 0.462 e. The van der Waals surface area contributed by atoms with Crippen LogP contribution in [0.4, 0.5) is 8.78 Å². The Morgan fingerprint density at radius 2 is 2.00 bits per heavy atom. The van der Waals surface area contributed by atoms with Gasteiger partial charge in [0.15, 0.2) is 0 Å². The zero-order valence-electron chi connectivity index (χ0n) is 6.69. The summed E-state index contributed by atoms with van der Waals surface area (Å²) in [5, 5.41) is 0. The van der Waals surface area contributed by atoms with Crippen molar-refractivity contribution in [3.63, 3.8) is 0 Å². The highest BCUT2D eigenvalue weighted by molar-refractivity contribution is 5.77. The SMILES string of the molecule is CCCC(F)(F)C(=O)OCC. The molecule has 0 amide bonds. The van der Waals surface area contributed by atoms with Gasteiger partial charge < -0.3 is 4.74 Å². The molecule has 0 fully saturated rings. The van der Waals surface area contributed by atoms with Gasteiger partial charge in [0.2, 0.25) is 0 Å². The van der Waals surface area contributed by atoms with Crippen molar-refractivity contribution >= 4 is 5.97 Å². The van der Waals surface area contributed by atoms with Gasteiger partial charge in [-0.3, -0.25) is 0 Å². The number of esters is 1. The molecule has 0 radical (unpaired) electrons. The third-order valence-corrected chi connectivity index (χ3v) is 1.14. The first-order valence-corrected chi connectivity index (χ1v) is 3.59. The molecule has 4 heteroatoms. The van der Waals surface area contributed by atoms with Crippen LogP contribution in [0.3, 0.4) is 0 Å². The van der Waals surface area contributed by atoms with Crippen molar-refractivity contribution in [2.75, 3.05) is 6.61 Å². The molecule has 11 heavy (non-hydrogen) atoms. The molecule has 0 aliphatic rings. The molecule has 0 aliphatic heterocycles. The minimum absolute atomic E-state index is 0.00185. The average molecular weight is 166 g/mol. The maximum Gasteiger partial charge on any atom is 0.376 e. The molecular weight excluding hydrogens is 154 g/mol. The highest BCUT2D eigenvalue weighted by Crippen LogP contribution is 2.21.